The first-order valence-electron chi connectivity index (χ1n) is 4.56. The van der Waals surface area contributed by atoms with Gasteiger partial charge in [-0.25, -0.2) is 0 Å². The fraction of sp³-hybridized carbons (Fsp3) is 0.273. The van der Waals surface area contributed by atoms with Crippen LogP contribution in [0.1, 0.15) is 23.5 Å². The lowest BCUT2D eigenvalue weighted by Gasteiger charge is -2.02. The minimum Gasteiger partial charge on any atom is -0.481 e. The van der Waals surface area contributed by atoms with E-state index in [1.54, 1.807) is 18.2 Å². The zero-order chi connectivity index (χ0) is 11.0. The summed E-state index contributed by atoms with van der Waals surface area (Å²) < 4.78 is 0.884. The third-order valence-corrected chi connectivity index (χ3v) is 3.35. The molecule has 3 nitrogen and oxygen atoms in total. The molecule has 0 saturated heterocycles. The lowest BCUT2D eigenvalue weighted by molar-refractivity contribution is -0.138. The van der Waals surface area contributed by atoms with Gasteiger partial charge in [0.1, 0.15) is 0 Å². The Balaban J connectivity index is 2.30. The lowest BCUT2D eigenvalue weighted by atomic mass is 10.1. The third-order valence-electron chi connectivity index (χ3n) is 2.63. The van der Waals surface area contributed by atoms with Crippen molar-refractivity contribution in [1.29, 1.82) is 5.26 Å². The summed E-state index contributed by atoms with van der Waals surface area (Å²) in [6.07, 6.45) is 0.669. The van der Waals surface area contributed by atoms with Crippen LogP contribution >= 0.6 is 15.9 Å². The zero-order valence-electron chi connectivity index (χ0n) is 7.77. The van der Waals surface area contributed by atoms with Crippen LogP contribution in [0.3, 0.4) is 0 Å². The molecule has 0 radical (unpaired) electrons. The summed E-state index contributed by atoms with van der Waals surface area (Å²) in [4.78, 5) is 10.7. The van der Waals surface area contributed by atoms with Gasteiger partial charge in [0.15, 0.2) is 0 Å². The standard InChI is InChI=1S/C11H8BrNO2/c12-10-2-1-6(5-13)3-8(10)7-4-9(7)11(14)15/h1-3,7,9H,4H2,(H,14,15). The van der Waals surface area contributed by atoms with Crippen LogP contribution in [0.4, 0.5) is 0 Å². The van der Waals surface area contributed by atoms with E-state index in [4.69, 9.17) is 10.4 Å². The first kappa shape index (κ1) is 10.2. The van der Waals surface area contributed by atoms with E-state index >= 15 is 0 Å². The molecule has 1 saturated carbocycles. The van der Waals surface area contributed by atoms with Gasteiger partial charge in [-0.05, 0) is 36.1 Å². The maximum Gasteiger partial charge on any atom is 0.307 e. The zero-order valence-corrected chi connectivity index (χ0v) is 9.36. The fourth-order valence-electron chi connectivity index (χ4n) is 1.71. The number of rotatable bonds is 2. The van der Waals surface area contributed by atoms with Gasteiger partial charge in [-0.2, -0.15) is 5.26 Å². The SMILES string of the molecule is N#Cc1ccc(Br)c(C2CC2C(=O)O)c1. The maximum atomic E-state index is 10.7. The highest BCUT2D eigenvalue weighted by Crippen LogP contribution is 2.49. The van der Waals surface area contributed by atoms with Crippen LogP contribution in [0.15, 0.2) is 22.7 Å². The van der Waals surface area contributed by atoms with Crippen molar-refractivity contribution < 1.29 is 9.90 Å². The summed E-state index contributed by atoms with van der Waals surface area (Å²) in [7, 11) is 0. The highest BCUT2D eigenvalue weighted by Gasteiger charge is 2.45. The number of halogens is 1. The number of aliphatic carboxylic acids is 1. The summed E-state index contributed by atoms with van der Waals surface area (Å²) in [6.45, 7) is 0. The Hall–Kier alpha value is -1.34. The molecule has 15 heavy (non-hydrogen) atoms. The molecule has 2 rings (SSSR count). The topological polar surface area (TPSA) is 61.1 Å². The predicted molar refractivity (Wildman–Crippen MR) is 57.3 cm³/mol. The predicted octanol–water partition coefficient (Wildman–Crippen LogP) is 2.51. The van der Waals surface area contributed by atoms with Crippen LogP contribution in [0.5, 0.6) is 0 Å². The van der Waals surface area contributed by atoms with Crippen LogP contribution in [0.2, 0.25) is 0 Å². The number of hydrogen-bond donors (Lipinski definition) is 1. The average Bonchev–Trinajstić information content (AvgIpc) is 2.98. The van der Waals surface area contributed by atoms with Crippen molar-refractivity contribution >= 4 is 21.9 Å². The Kier molecular flexibility index (Phi) is 2.49. The third kappa shape index (κ3) is 1.88. The maximum absolute atomic E-state index is 10.7. The van der Waals surface area contributed by atoms with E-state index in [1.165, 1.54) is 0 Å². The molecule has 0 spiro atoms. The summed E-state index contributed by atoms with van der Waals surface area (Å²) in [6, 6.07) is 7.33. The smallest absolute Gasteiger partial charge is 0.307 e. The number of hydrogen-bond acceptors (Lipinski definition) is 2. The van der Waals surface area contributed by atoms with Gasteiger partial charge in [-0.3, -0.25) is 4.79 Å². The first-order valence-corrected chi connectivity index (χ1v) is 5.35. The van der Waals surface area contributed by atoms with Crippen molar-refractivity contribution in [2.45, 2.75) is 12.3 Å². The molecule has 0 aromatic heterocycles. The number of nitrogens with zero attached hydrogens (tertiary/aromatic N) is 1. The van der Waals surface area contributed by atoms with Crippen LogP contribution in [0.25, 0.3) is 0 Å². The number of nitriles is 1. The second kappa shape index (κ2) is 3.67. The highest BCUT2D eigenvalue weighted by molar-refractivity contribution is 9.10. The minimum absolute atomic E-state index is 0.0603. The van der Waals surface area contributed by atoms with Crippen LogP contribution < -0.4 is 0 Å². The van der Waals surface area contributed by atoms with Gasteiger partial charge in [0, 0.05) is 4.47 Å². The average molecular weight is 266 g/mol. The molecular formula is C11H8BrNO2. The summed E-state index contributed by atoms with van der Waals surface area (Å²) in [5.41, 5.74) is 1.51. The van der Waals surface area contributed by atoms with Gasteiger partial charge in [-0.1, -0.05) is 15.9 Å². The second-order valence-electron chi connectivity index (χ2n) is 3.64. The summed E-state index contributed by atoms with van der Waals surface area (Å²) in [5.74, 6) is -0.977. The molecule has 1 aromatic carbocycles. The van der Waals surface area contributed by atoms with E-state index in [1.807, 2.05) is 0 Å². The van der Waals surface area contributed by atoms with Gasteiger partial charge in [0.2, 0.25) is 0 Å². The van der Waals surface area contributed by atoms with Gasteiger partial charge in [0.25, 0.3) is 0 Å². The van der Waals surface area contributed by atoms with Crippen molar-refractivity contribution in [3.63, 3.8) is 0 Å². The largest absolute Gasteiger partial charge is 0.481 e. The molecule has 1 aliphatic rings. The number of carboxylic acids is 1. The van der Waals surface area contributed by atoms with Crippen LogP contribution in [-0.4, -0.2) is 11.1 Å². The summed E-state index contributed by atoms with van der Waals surface area (Å²) in [5, 5.41) is 17.6. The Bertz CT molecular complexity index is 464. The van der Waals surface area contributed by atoms with E-state index in [0.29, 0.717) is 12.0 Å². The molecule has 0 aliphatic heterocycles. The van der Waals surface area contributed by atoms with Crippen molar-refractivity contribution in [3.8, 4) is 6.07 Å². The monoisotopic (exact) mass is 265 g/mol. The molecule has 1 aromatic rings. The number of carboxylic acid groups (broad SMARTS) is 1. The Morgan fingerprint density at radius 3 is 2.87 bits per heavy atom. The van der Waals surface area contributed by atoms with Gasteiger partial charge in [0.05, 0.1) is 17.6 Å². The molecule has 0 bridgehead atoms. The highest BCUT2D eigenvalue weighted by atomic mass is 79.9. The van der Waals surface area contributed by atoms with Crippen LogP contribution in [0, 0.1) is 17.2 Å². The molecule has 2 atom stereocenters. The van der Waals surface area contributed by atoms with E-state index in [0.717, 1.165) is 10.0 Å². The fourth-order valence-corrected chi connectivity index (χ4v) is 2.25. The first-order chi connectivity index (χ1) is 7.13. The van der Waals surface area contributed by atoms with Crippen molar-refractivity contribution in [1.82, 2.24) is 0 Å². The molecule has 1 fully saturated rings. The molecule has 0 heterocycles. The minimum atomic E-state index is -0.755. The molecule has 0 amide bonds. The normalized spacial score (nSPS) is 23.2. The number of benzene rings is 1. The summed E-state index contributed by atoms with van der Waals surface area (Å²) >= 11 is 3.37. The van der Waals surface area contributed by atoms with E-state index in [9.17, 15) is 4.79 Å². The van der Waals surface area contributed by atoms with Gasteiger partial charge < -0.3 is 5.11 Å². The van der Waals surface area contributed by atoms with Crippen LogP contribution in [-0.2, 0) is 4.79 Å². The van der Waals surface area contributed by atoms with E-state index in [-0.39, 0.29) is 11.8 Å². The second-order valence-corrected chi connectivity index (χ2v) is 4.49. The van der Waals surface area contributed by atoms with E-state index in [2.05, 4.69) is 22.0 Å². The Labute approximate surface area is 95.5 Å². The quantitative estimate of drug-likeness (QED) is 0.894. The Morgan fingerprint density at radius 2 is 2.33 bits per heavy atom. The van der Waals surface area contributed by atoms with Crippen molar-refractivity contribution in [2.24, 2.45) is 5.92 Å². The molecular weight excluding hydrogens is 258 g/mol. The molecule has 2 unspecified atom stereocenters. The molecule has 4 heteroatoms. The molecule has 1 N–H and O–H groups in total. The van der Waals surface area contributed by atoms with Crippen molar-refractivity contribution in [2.75, 3.05) is 0 Å². The van der Waals surface area contributed by atoms with Gasteiger partial charge in [-0.15, -0.1) is 0 Å². The Morgan fingerprint density at radius 1 is 1.60 bits per heavy atom. The van der Waals surface area contributed by atoms with E-state index < -0.39 is 5.97 Å². The molecule has 76 valence electrons. The van der Waals surface area contributed by atoms with Gasteiger partial charge >= 0.3 is 5.97 Å². The molecule has 1 aliphatic carbocycles. The lowest BCUT2D eigenvalue weighted by Crippen LogP contribution is -1.99. The van der Waals surface area contributed by atoms with Crippen molar-refractivity contribution in [3.05, 3.63) is 33.8 Å². The number of carbonyl (C=O) groups is 1.